The summed E-state index contributed by atoms with van der Waals surface area (Å²) in [5.74, 6) is -0.0439. The molecule has 0 saturated heterocycles. The van der Waals surface area contributed by atoms with Gasteiger partial charge in [-0.05, 0) is 65.3 Å². The number of carbonyl (C=O) groups excluding carboxylic acids is 2. The molecule has 0 bridgehead atoms. The maximum Gasteiger partial charge on any atom is 0.305 e. The number of carbonyl (C=O) groups is 2. The Balaban J connectivity index is 4.09. The predicted octanol–water partition coefficient (Wildman–Crippen LogP) is 4.62. The Morgan fingerprint density at radius 3 is 2.06 bits per heavy atom. The van der Waals surface area contributed by atoms with E-state index in [1.54, 1.807) is 0 Å². The first-order valence-corrected chi connectivity index (χ1v) is 12.9. The Hall–Kier alpha value is -1.14. The summed E-state index contributed by atoms with van der Waals surface area (Å²) in [6, 6.07) is 0. The van der Waals surface area contributed by atoms with E-state index in [0.29, 0.717) is 19.6 Å². The van der Waals surface area contributed by atoms with E-state index >= 15 is 0 Å². The number of amides is 1. The molecule has 0 rings (SSSR count). The standard InChI is InChI=1S/C25H51N3O3/c1-4-6-8-9-10-11-13-19-28(21-15-18-27(3)22-17-26-24-29)20-14-12-16-25(30)31-23-7-5-2/h24H,4-23H2,1-3H3,(H,26,29). The Labute approximate surface area is 192 Å². The number of nitrogens with one attached hydrogen (secondary N) is 1. The van der Waals surface area contributed by atoms with Crippen LogP contribution in [0.25, 0.3) is 0 Å². The summed E-state index contributed by atoms with van der Waals surface area (Å²) in [4.78, 5) is 27.0. The van der Waals surface area contributed by atoms with Gasteiger partial charge in [-0.15, -0.1) is 0 Å². The van der Waals surface area contributed by atoms with Gasteiger partial charge < -0.3 is 19.9 Å². The van der Waals surface area contributed by atoms with Crippen LogP contribution >= 0.6 is 0 Å². The summed E-state index contributed by atoms with van der Waals surface area (Å²) in [7, 11) is 2.11. The van der Waals surface area contributed by atoms with Crippen molar-refractivity contribution in [3.63, 3.8) is 0 Å². The molecule has 0 heterocycles. The minimum atomic E-state index is -0.0439. The number of hydrogen-bond acceptors (Lipinski definition) is 5. The zero-order chi connectivity index (χ0) is 23.0. The van der Waals surface area contributed by atoms with Crippen molar-refractivity contribution < 1.29 is 14.3 Å². The molecule has 0 atom stereocenters. The van der Waals surface area contributed by atoms with Gasteiger partial charge in [0.2, 0.25) is 6.41 Å². The first-order valence-electron chi connectivity index (χ1n) is 12.9. The monoisotopic (exact) mass is 441 g/mol. The molecule has 0 aliphatic heterocycles. The predicted molar refractivity (Wildman–Crippen MR) is 130 cm³/mol. The van der Waals surface area contributed by atoms with Crippen molar-refractivity contribution in [2.45, 2.75) is 97.3 Å². The summed E-state index contributed by atoms with van der Waals surface area (Å²) in [5, 5.41) is 2.72. The number of ether oxygens (including phenoxy) is 1. The van der Waals surface area contributed by atoms with Crippen molar-refractivity contribution in [2.75, 3.05) is 52.9 Å². The smallest absolute Gasteiger partial charge is 0.305 e. The van der Waals surface area contributed by atoms with Crippen LogP contribution < -0.4 is 5.32 Å². The highest BCUT2D eigenvalue weighted by molar-refractivity contribution is 5.69. The van der Waals surface area contributed by atoms with Gasteiger partial charge >= 0.3 is 5.97 Å². The first kappa shape index (κ1) is 29.9. The van der Waals surface area contributed by atoms with Gasteiger partial charge in [0.1, 0.15) is 0 Å². The molecule has 0 aromatic carbocycles. The van der Waals surface area contributed by atoms with Crippen LogP contribution in [0.2, 0.25) is 0 Å². The highest BCUT2D eigenvalue weighted by atomic mass is 16.5. The highest BCUT2D eigenvalue weighted by Gasteiger charge is 2.08. The minimum absolute atomic E-state index is 0.0439. The quantitative estimate of drug-likeness (QED) is 0.135. The molecule has 0 aromatic rings. The fourth-order valence-electron chi connectivity index (χ4n) is 3.63. The van der Waals surface area contributed by atoms with Crippen LogP contribution in [0.3, 0.4) is 0 Å². The summed E-state index contributed by atoms with van der Waals surface area (Å²) in [5.41, 5.74) is 0. The molecule has 0 aromatic heterocycles. The van der Waals surface area contributed by atoms with Gasteiger partial charge in [0.25, 0.3) is 0 Å². The number of nitrogens with zero attached hydrogens (tertiary/aromatic N) is 2. The van der Waals surface area contributed by atoms with Crippen molar-refractivity contribution in [1.29, 1.82) is 0 Å². The van der Waals surface area contributed by atoms with E-state index in [2.05, 4.69) is 36.0 Å². The summed E-state index contributed by atoms with van der Waals surface area (Å²) < 4.78 is 5.26. The van der Waals surface area contributed by atoms with E-state index < -0.39 is 0 Å². The lowest BCUT2D eigenvalue weighted by atomic mass is 10.1. The SMILES string of the molecule is CCCCCCCCCN(CCCCC(=O)OCCCC)CCCN(C)CCNC=O. The van der Waals surface area contributed by atoms with E-state index in [9.17, 15) is 9.59 Å². The van der Waals surface area contributed by atoms with Crippen molar-refractivity contribution >= 4 is 12.4 Å². The van der Waals surface area contributed by atoms with E-state index in [-0.39, 0.29) is 5.97 Å². The van der Waals surface area contributed by atoms with Gasteiger partial charge in [0.05, 0.1) is 6.61 Å². The topological polar surface area (TPSA) is 61.9 Å². The second-order valence-corrected chi connectivity index (χ2v) is 8.72. The third-order valence-electron chi connectivity index (χ3n) is 5.68. The second kappa shape index (κ2) is 23.5. The fourth-order valence-corrected chi connectivity index (χ4v) is 3.63. The van der Waals surface area contributed by atoms with Gasteiger partial charge in [-0.25, -0.2) is 0 Å². The number of likely N-dealkylation sites (N-methyl/N-ethyl adjacent to an activating group) is 1. The molecule has 184 valence electrons. The van der Waals surface area contributed by atoms with Gasteiger partial charge in [-0.3, -0.25) is 9.59 Å². The second-order valence-electron chi connectivity index (χ2n) is 8.72. The Bertz CT molecular complexity index is 407. The molecule has 6 heteroatoms. The van der Waals surface area contributed by atoms with E-state index in [0.717, 1.165) is 71.2 Å². The molecule has 1 N–H and O–H groups in total. The zero-order valence-corrected chi connectivity index (χ0v) is 20.8. The average molecular weight is 442 g/mol. The highest BCUT2D eigenvalue weighted by Crippen LogP contribution is 2.09. The third kappa shape index (κ3) is 21.9. The van der Waals surface area contributed by atoms with Gasteiger partial charge in [-0.2, -0.15) is 0 Å². The lowest BCUT2D eigenvalue weighted by Crippen LogP contribution is -2.33. The summed E-state index contributed by atoms with van der Waals surface area (Å²) >= 11 is 0. The van der Waals surface area contributed by atoms with Crippen LogP contribution in [0.4, 0.5) is 0 Å². The molecule has 0 fully saturated rings. The lowest BCUT2D eigenvalue weighted by molar-refractivity contribution is -0.143. The van der Waals surface area contributed by atoms with Gasteiger partial charge in [0, 0.05) is 19.5 Å². The van der Waals surface area contributed by atoms with Crippen LogP contribution in [-0.2, 0) is 14.3 Å². The average Bonchev–Trinajstić information content (AvgIpc) is 2.76. The molecule has 0 spiro atoms. The molecular weight excluding hydrogens is 390 g/mol. The van der Waals surface area contributed by atoms with Gasteiger partial charge in [0.15, 0.2) is 0 Å². The largest absolute Gasteiger partial charge is 0.466 e. The van der Waals surface area contributed by atoms with Crippen molar-refractivity contribution in [1.82, 2.24) is 15.1 Å². The van der Waals surface area contributed by atoms with Crippen LogP contribution in [0, 0.1) is 0 Å². The molecule has 31 heavy (non-hydrogen) atoms. The Morgan fingerprint density at radius 1 is 0.774 bits per heavy atom. The normalized spacial score (nSPS) is 11.3. The first-order chi connectivity index (χ1) is 15.1. The maximum absolute atomic E-state index is 11.8. The zero-order valence-electron chi connectivity index (χ0n) is 20.8. The Kier molecular flexibility index (Phi) is 22.7. The molecule has 1 amide bonds. The molecule has 6 nitrogen and oxygen atoms in total. The Morgan fingerprint density at radius 2 is 1.39 bits per heavy atom. The van der Waals surface area contributed by atoms with Crippen molar-refractivity contribution in [3.8, 4) is 0 Å². The van der Waals surface area contributed by atoms with Crippen LogP contribution in [-0.4, -0.2) is 75.1 Å². The van der Waals surface area contributed by atoms with Gasteiger partial charge in [-0.1, -0.05) is 58.8 Å². The molecule has 0 saturated carbocycles. The maximum atomic E-state index is 11.8. The minimum Gasteiger partial charge on any atom is -0.466 e. The van der Waals surface area contributed by atoms with Crippen LogP contribution in [0.1, 0.15) is 97.3 Å². The molecule has 0 unspecified atom stereocenters. The van der Waals surface area contributed by atoms with E-state index in [1.807, 2.05) is 0 Å². The third-order valence-corrected chi connectivity index (χ3v) is 5.68. The van der Waals surface area contributed by atoms with Crippen LogP contribution in [0.15, 0.2) is 0 Å². The van der Waals surface area contributed by atoms with E-state index in [4.69, 9.17) is 4.74 Å². The molecule has 0 aliphatic carbocycles. The number of unbranched alkanes of at least 4 members (excludes halogenated alkanes) is 8. The molecule has 0 radical (unpaired) electrons. The van der Waals surface area contributed by atoms with Crippen molar-refractivity contribution in [2.24, 2.45) is 0 Å². The molecular formula is C25H51N3O3. The fraction of sp³-hybridized carbons (Fsp3) is 0.920. The summed E-state index contributed by atoms with van der Waals surface area (Å²) in [6.07, 6.45) is 15.8. The number of esters is 1. The van der Waals surface area contributed by atoms with Crippen LogP contribution in [0.5, 0.6) is 0 Å². The number of hydrogen-bond donors (Lipinski definition) is 1. The number of rotatable bonds is 24. The van der Waals surface area contributed by atoms with E-state index in [1.165, 1.54) is 44.9 Å². The molecule has 0 aliphatic rings. The van der Waals surface area contributed by atoms with Crippen molar-refractivity contribution in [3.05, 3.63) is 0 Å². The lowest BCUT2D eigenvalue weighted by Gasteiger charge is -2.24. The summed E-state index contributed by atoms with van der Waals surface area (Å²) in [6.45, 7) is 10.9.